The fraction of sp³-hybridized carbons (Fsp3) is 0.417. The van der Waals surface area contributed by atoms with E-state index < -0.39 is 11.7 Å². The van der Waals surface area contributed by atoms with Gasteiger partial charge in [0.15, 0.2) is 11.5 Å². The van der Waals surface area contributed by atoms with Crippen LogP contribution in [-0.4, -0.2) is 36.5 Å². The quantitative estimate of drug-likeness (QED) is 0.415. The molecule has 2 saturated heterocycles. The molecule has 2 unspecified atom stereocenters. The number of esters is 1. The number of hydrogen-bond acceptors (Lipinski definition) is 6. The summed E-state index contributed by atoms with van der Waals surface area (Å²) in [6.45, 7) is 0.658. The molecule has 1 spiro atoms. The van der Waals surface area contributed by atoms with Crippen molar-refractivity contribution in [1.29, 1.82) is 0 Å². The Morgan fingerprint density at radius 2 is 2.33 bits per heavy atom. The zero-order valence-electron chi connectivity index (χ0n) is 9.71. The van der Waals surface area contributed by atoms with E-state index in [0.29, 0.717) is 23.8 Å². The normalized spacial score (nSPS) is 32.5. The Kier molecular flexibility index (Phi) is 1.78. The number of hydrogen-bond donors (Lipinski definition) is 0. The van der Waals surface area contributed by atoms with Crippen LogP contribution in [0.1, 0.15) is 6.42 Å². The zero-order valence-corrected chi connectivity index (χ0v) is 9.71. The SMILES string of the molecule is COc1ccc2c(c1)OC(=O)C13OC1CCN3O2. The Hall–Kier alpha value is -1.79. The first-order valence-electron chi connectivity index (χ1n) is 5.78. The van der Waals surface area contributed by atoms with Crippen LogP contribution >= 0.6 is 0 Å². The van der Waals surface area contributed by atoms with Crippen LogP contribution in [0.3, 0.4) is 0 Å². The monoisotopic (exact) mass is 249 g/mol. The standard InChI is InChI=1S/C12H11NO5/c1-15-7-2-3-8-9(6-7)16-11(14)12-10(17-12)4-5-13(12)18-8/h2-3,6,10H,4-5H2,1H3. The van der Waals surface area contributed by atoms with Crippen molar-refractivity contribution in [2.45, 2.75) is 18.2 Å². The van der Waals surface area contributed by atoms with E-state index in [-0.39, 0.29) is 6.10 Å². The van der Waals surface area contributed by atoms with Gasteiger partial charge in [-0.3, -0.25) is 0 Å². The maximum absolute atomic E-state index is 12.1. The smallest absolute Gasteiger partial charge is 0.365 e. The second-order valence-corrected chi connectivity index (χ2v) is 4.49. The molecule has 6 nitrogen and oxygen atoms in total. The Morgan fingerprint density at radius 3 is 3.11 bits per heavy atom. The highest BCUT2D eigenvalue weighted by Gasteiger charge is 2.74. The number of fused-ring (bicyclic) bond motifs is 1. The van der Waals surface area contributed by atoms with Gasteiger partial charge in [0.25, 0.3) is 5.72 Å². The number of benzene rings is 1. The maximum atomic E-state index is 12.1. The molecule has 3 heterocycles. The van der Waals surface area contributed by atoms with Crippen molar-refractivity contribution in [3.63, 3.8) is 0 Å². The van der Waals surface area contributed by atoms with Crippen LogP contribution in [-0.2, 0) is 9.53 Å². The van der Waals surface area contributed by atoms with E-state index >= 15 is 0 Å². The minimum absolute atomic E-state index is 0.110. The van der Waals surface area contributed by atoms with Crippen LogP contribution in [0.15, 0.2) is 18.2 Å². The van der Waals surface area contributed by atoms with Crippen LogP contribution in [0.2, 0.25) is 0 Å². The molecule has 3 aliphatic heterocycles. The fourth-order valence-electron chi connectivity index (χ4n) is 2.51. The van der Waals surface area contributed by atoms with Gasteiger partial charge >= 0.3 is 5.97 Å². The summed E-state index contributed by atoms with van der Waals surface area (Å²) in [7, 11) is 1.55. The summed E-state index contributed by atoms with van der Waals surface area (Å²) in [5.41, 5.74) is -1.02. The third kappa shape index (κ3) is 1.11. The topological polar surface area (TPSA) is 60.5 Å². The fourth-order valence-corrected chi connectivity index (χ4v) is 2.51. The molecule has 0 aromatic heterocycles. The van der Waals surface area contributed by atoms with Gasteiger partial charge in [-0.25, -0.2) is 4.79 Å². The molecule has 0 N–H and O–H groups in total. The van der Waals surface area contributed by atoms with E-state index in [1.807, 2.05) is 0 Å². The number of ether oxygens (including phenoxy) is 3. The van der Waals surface area contributed by atoms with Crippen LogP contribution in [0.25, 0.3) is 0 Å². The average molecular weight is 249 g/mol. The molecule has 2 fully saturated rings. The number of carbonyl (C=O) groups is 1. The van der Waals surface area contributed by atoms with Gasteiger partial charge in [-0.05, 0) is 18.6 Å². The van der Waals surface area contributed by atoms with E-state index in [0.717, 1.165) is 6.42 Å². The molecule has 3 aliphatic rings. The lowest BCUT2D eigenvalue weighted by Gasteiger charge is -2.19. The van der Waals surface area contributed by atoms with Gasteiger partial charge in [0.2, 0.25) is 0 Å². The third-order valence-corrected chi connectivity index (χ3v) is 3.52. The summed E-state index contributed by atoms with van der Waals surface area (Å²) in [4.78, 5) is 17.8. The third-order valence-electron chi connectivity index (χ3n) is 3.52. The molecule has 0 bridgehead atoms. The Morgan fingerprint density at radius 1 is 1.44 bits per heavy atom. The van der Waals surface area contributed by atoms with E-state index in [1.165, 1.54) is 0 Å². The number of epoxide rings is 1. The van der Waals surface area contributed by atoms with E-state index in [4.69, 9.17) is 19.0 Å². The maximum Gasteiger partial charge on any atom is 0.365 e. The first kappa shape index (κ1) is 10.2. The first-order valence-corrected chi connectivity index (χ1v) is 5.78. The van der Waals surface area contributed by atoms with Gasteiger partial charge in [0.1, 0.15) is 11.9 Å². The highest BCUT2D eigenvalue weighted by molar-refractivity contribution is 5.86. The summed E-state index contributed by atoms with van der Waals surface area (Å²) < 4.78 is 15.9. The van der Waals surface area contributed by atoms with Crippen molar-refractivity contribution < 1.29 is 23.8 Å². The molecule has 0 amide bonds. The van der Waals surface area contributed by atoms with Crippen molar-refractivity contribution in [3.8, 4) is 17.2 Å². The summed E-state index contributed by atoms with van der Waals surface area (Å²) >= 11 is 0. The van der Waals surface area contributed by atoms with Crippen molar-refractivity contribution in [1.82, 2.24) is 5.06 Å². The minimum atomic E-state index is -1.02. The number of hydroxylamine groups is 2. The lowest BCUT2D eigenvalue weighted by Crippen LogP contribution is -2.45. The van der Waals surface area contributed by atoms with Crippen LogP contribution in [0.4, 0.5) is 0 Å². The minimum Gasteiger partial charge on any atom is -0.497 e. The number of carbonyl (C=O) groups excluding carboxylic acids is 1. The summed E-state index contributed by atoms with van der Waals surface area (Å²) in [5, 5.41) is 1.57. The first-order chi connectivity index (χ1) is 8.74. The summed E-state index contributed by atoms with van der Waals surface area (Å²) in [6.07, 6.45) is 0.668. The lowest BCUT2D eigenvalue weighted by molar-refractivity contribution is -0.170. The van der Waals surface area contributed by atoms with Crippen molar-refractivity contribution >= 4 is 5.97 Å². The van der Waals surface area contributed by atoms with Gasteiger partial charge in [-0.2, -0.15) is 0 Å². The molecular weight excluding hydrogens is 238 g/mol. The average Bonchev–Trinajstić information content (AvgIpc) is 3.05. The predicted molar refractivity (Wildman–Crippen MR) is 58.2 cm³/mol. The van der Waals surface area contributed by atoms with Crippen LogP contribution < -0.4 is 14.3 Å². The molecule has 1 aromatic carbocycles. The van der Waals surface area contributed by atoms with Crippen molar-refractivity contribution in [2.75, 3.05) is 13.7 Å². The van der Waals surface area contributed by atoms with Gasteiger partial charge < -0.3 is 19.0 Å². The van der Waals surface area contributed by atoms with E-state index in [1.54, 1.807) is 30.4 Å². The second-order valence-electron chi connectivity index (χ2n) is 4.49. The van der Waals surface area contributed by atoms with Crippen LogP contribution in [0.5, 0.6) is 17.2 Å². The molecule has 0 aliphatic carbocycles. The molecular formula is C12H11NO5. The molecule has 1 aromatic rings. The second kappa shape index (κ2) is 3.15. The lowest BCUT2D eigenvalue weighted by atomic mass is 10.2. The molecule has 0 radical (unpaired) electrons. The van der Waals surface area contributed by atoms with Gasteiger partial charge in [-0.1, -0.05) is 5.06 Å². The number of nitrogens with zero attached hydrogens (tertiary/aromatic N) is 1. The zero-order chi connectivity index (χ0) is 12.3. The Bertz CT molecular complexity index is 545. The van der Waals surface area contributed by atoms with Crippen molar-refractivity contribution in [3.05, 3.63) is 18.2 Å². The van der Waals surface area contributed by atoms with Crippen LogP contribution in [0, 0.1) is 0 Å². The van der Waals surface area contributed by atoms with Gasteiger partial charge in [0.05, 0.1) is 7.11 Å². The molecule has 0 saturated carbocycles. The Balaban J connectivity index is 1.77. The summed E-state index contributed by atoms with van der Waals surface area (Å²) in [5.74, 6) is 1.05. The van der Waals surface area contributed by atoms with E-state index in [2.05, 4.69) is 0 Å². The van der Waals surface area contributed by atoms with Gasteiger partial charge in [-0.15, -0.1) is 0 Å². The number of rotatable bonds is 1. The molecule has 4 rings (SSSR count). The molecule has 2 atom stereocenters. The Labute approximate surface area is 103 Å². The predicted octanol–water partition coefficient (Wildman–Crippen LogP) is 0.709. The molecule has 18 heavy (non-hydrogen) atoms. The van der Waals surface area contributed by atoms with Crippen molar-refractivity contribution in [2.24, 2.45) is 0 Å². The highest BCUT2D eigenvalue weighted by atomic mass is 16.8. The van der Waals surface area contributed by atoms with E-state index in [9.17, 15) is 4.79 Å². The molecule has 94 valence electrons. The largest absolute Gasteiger partial charge is 0.497 e. The highest BCUT2D eigenvalue weighted by Crippen LogP contribution is 2.51. The molecule has 6 heteroatoms. The number of methoxy groups -OCH3 is 1. The van der Waals surface area contributed by atoms with Gasteiger partial charge in [0, 0.05) is 12.6 Å². The summed E-state index contributed by atoms with van der Waals surface area (Å²) in [6, 6.07) is 5.10.